The van der Waals surface area contributed by atoms with Gasteiger partial charge in [0.1, 0.15) is 35.6 Å². The summed E-state index contributed by atoms with van der Waals surface area (Å²) >= 11 is 0. The van der Waals surface area contributed by atoms with Crippen molar-refractivity contribution >= 4 is 58.9 Å². The Morgan fingerprint density at radius 1 is 0.785 bits per heavy atom. The van der Waals surface area contributed by atoms with E-state index in [2.05, 4.69) is 26.6 Å². The number of aromatic nitrogens is 2. The highest BCUT2D eigenvalue weighted by Crippen LogP contribution is 2.39. The van der Waals surface area contributed by atoms with Gasteiger partial charge in [0, 0.05) is 82.0 Å². The molecule has 5 atom stereocenters. The number of benzene rings is 3. The van der Waals surface area contributed by atoms with Crippen LogP contribution in [0.15, 0.2) is 91.1 Å². The third kappa shape index (κ3) is 18.2. The van der Waals surface area contributed by atoms with Crippen LogP contribution in [0.2, 0.25) is 0 Å². The molecule has 0 radical (unpaired) electrons. The van der Waals surface area contributed by atoms with E-state index in [-0.39, 0.29) is 86.1 Å². The van der Waals surface area contributed by atoms with Gasteiger partial charge < -0.3 is 46.9 Å². The molecule has 0 fully saturated rings. The van der Waals surface area contributed by atoms with Crippen molar-refractivity contribution in [3.63, 3.8) is 0 Å². The highest BCUT2D eigenvalue weighted by molar-refractivity contribution is 6.12. The van der Waals surface area contributed by atoms with Gasteiger partial charge in [0.25, 0.3) is 11.8 Å². The number of nitrogens with zero attached hydrogens (tertiary/aromatic N) is 4. The minimum Gasteiger partial charge on any atom is -0.480 e. The van der Waals surface area contributed by atoms with Crippen molar-refractivity contribution in [2.45, 2.75) is 130 Å². The number of carbonyl (C=O) groups excluding carboxylic acids is 8. The van der Waals surface area contributed by atoms with Gasteiger partial charge in [0.2, 0.25) is 35.4 Å². The minimum atomic E-state index is -1.35. The largest absolute Gasteiger partial charge is 0.480 e. The molecule has 8 amide bonds. The molecule has 0 bridgehead atoms. The average Bonchev–Trinajstić information content (AvgIpc) is 4.20. The highest BCUT2D eigenvalue weighted by Gasteiger charge is 2.38. The number of anilines is 1. The molecule has 1 aliphatic heterocycles. The fraction of sp³-hybridized carbons (Fsp3) is 0.439. The lowest BCUT2D eigenvalue weighted by atomic mass is 9.84. The summed E-state index contributed by atoms with van der Waals surface area (Å²) in [7, 11) is 0. The summed E-state index contributed by atoms with van der Waals surface area (Å²) in [6, 6.07) is 13.6. The number of hydrogen-bond donors (Lipinski definition) is 7. The lowest BCUT2D eigenvalue weighted by Gasteiger charge is -2.40. The predicted molar refractivity (Wildman–Crippen MR) is 290 cm³/mol. The van der Waals surface area contributed by atoms with E-state index < -0.39 is 76.9 Å². The number of hydrogen-bond acceptors (Lipinski definition) is 11. The van der Waals surface area contributed by atoms with Crippen LogP contribution in [0, 0.1) is 23.0 Å². The van der Waals surface area contributed by atoms with Crippen LogP contribution in [0.4, 0.5) is 14.5 Å². The molecular formula is C57H72F2N10O10. The van der Waals surface area contributed by atoms with E-state index in [1.165, 1.54) is 38.1 Å². The number of imidazole rings is 1. The van der Waals surface area contributed by atoms with Crippen LogP contribution in [-0.4, -0.2) is 121 Å². The molecule has 20 nitrogen and oxygen atoms in total. The summed E-state index contributed by atoms with van der Waals surface area (Å²) in [5.74, 6) is -6.39. The third-order valence-corrected chi connectivity index (χ3v) is 13.2. The molecule has 0 saturated heterocycles. The average molecular weight is 1100 g/mol. The summed E-state index contributed by atoms with van der Waals surface area (Å²) in [6.07, 6.45) is 5.33. The van der Waals surface area contributed by atoms with Gasteiger partial charge in [-0.1, -0.05) is 83.5 Å². The molecule has 0 aliphatic carbocycles. The second-order valence-electron chi connectivity index (χ2n) is 21.0. The number of unbranched alkanes of at least 4 members (excludes halogenated alkanes) is 2. The summed E-state index contributed by atoms with van der Waals surface area (Å²) in [6.45, 7) is 12.4. The molecule has 22 heteroatoms. The van der Waals surface area contributed by atoms with Crippen LogP contribution in [0.25, 0.3) is 11.3 Å². The SMILES string of the molecule is CC(=O)N(CC[C@H](N)C(=O)NCCC(=O)N[C@@H](Cc1ccc(NC(=O)[C@H](C)NC(=O)[C@@H](NC(=O)CCCCCN2C(=O)C=CC2=O)C(C)C)cc1)C(=O)O)[C@@H](c1nc(-c2cc(F)ccc2F)cn1Cc1ccccc1)C(C)(C)C. The second kappa shape index (κ2) is 28.5. The fourth-order valence-electron chi connectivity index (χ4n) is 8.89. The van der Waals surface area contributed by atoms with Gasteiger partial charge in [0.05, 0.1) is 17.8 Å². The summed E-state index contributed by atoms with van der Waals surface area (Å²) in [4.78, 5) is 122. The first kappa shape index (κ1) is 61.7. The van der Waals surface area contributed by atoms with E-state index in [0.29, 0.717) is 42.9 Å². The predicted octanol–water partition coefficient (Wildman–Crippen LogP) is 4.92. The van der Waals surface area contributed by atoms with Crippen LogP contribution in [0.3, 0.4) is 0 Å². The monoisotopic (exact) mass is 1090 g/mol. The third-order valence-electron chi connectivity index (χ3n) is 13.2. The van der Waals surface area contributed by atoms with Gasteiger partial charge >= 0.3 is 5.97 Å². The van der Waals surface area contributed by atoms with Crippen molar-refractivity contribution in [1.29, 1.82) is 0 Å². The molecule has 0 unspecified atom stereocenters. The Morgan fingerprint density at radius 3 is 2.06 bits per heavy atom. The van der Waals surface area contributed by atoms with Crippen molar-refractivity contribution in [3.8, 4) is 11.3 Å². The van der Waals surface area contributed by atoms with E-state index >= 15 is 4.39 Å². The molecule has 79 heavy (non-hydrogen) atoms. The zero-order valence-corrected chi connectivity index (χ0v) is 45.6. The van der Waals surface area contributed by atoms with Crippen molar-refractivity contribution in [1.82, 2.24) is 40.6 Å². The van der Waals surface area contributed by atoms with Crippen molar-refractivity contribution in [2.75, 3.05) is 25.0 Å². The Balaban J connectivity index is 1.08. The standard InChI is InChI=1S/C57H72F2N10O10/c1-34(2)50(66-46(71)16-12-9-13-28-69-48(73)23-24-49(69)74)55(77)62-35(3)53(75)63-40-20-17-37(18-21-40)30-44(56(78)79)64-47(72)25-27-61-54(76)43(60)26-29-68(36(4)70)51(57(5,6)7)52-65-45(41-31-39(58)19-22-42(41)59)33-67(52)32-38-14-10-8-11-15-38/h8,10-11,14-15,17-24,31,33-35,43-44,50-51H,9,12-13,16,25-30,32,60H2,1-7H3,(H,61,76)(H,62,77)(H,63,75)(H,64,72)(H,66,71)(H,78,79)/t35-,43-,44-,50-,51-/m0/s1. The van der Waals surface area contributed by atoms with Crippen molar-refractivity contribution < 1.29 is 57.0 Å². The first-order chi connectivity index (χ1) is 37.3. The number of amides is 8. The zero-order chi connectivity index (χ0) is 58.1. The lowest BCUT2D eigenvalue weighted by molar-refractivity contribution is -0.142. The lowest BCUT2D eigenvalue weighted by Crippen LogP contribution is -2.53. The molecule has 1 aromatic heterocycles. The number of carboxylic acid groups (broad SMARTS) is 1. The zero-order valence-electron chi connectivity index (χ0n) is 45.6. The van der Waals surface area contributed by atoms with Gasteiger partial charge in [-0.15, -0.1) is 0 Å². The molecule has 5 rings (SSSR count). The van der Waals surface area contributed by atoms with Gasteiger partial charge in [0.15, 0.2) is 0 Å². The molecule has 2 heterocycles. The van der Waals surface area contributed by atoms with Gasteiger partial charge in [-0.05, 0) is 79.0 Å². The number of carbonyl (C=O) groups is 9. The smallest absolute Gasteiger partial charge is 0.326 e. The maximum Gasteiger partial charge on any atom is 0.326 e. The Bertz CT molecular complexity index is 2850. The van der Waals surface area contributed by atoms with Gasteiger partial charge in [-0.25, -0.2) is 18.6 Å². The van der Waals surface area contributed by atoms with Gasteiger partial charge in [-0.3, -0.25) is 43.3 Å². The quantitative estimate of drug-likeness (QED) is 0.0295. The fourth-order valence-corrected chi connectivity index (χ4v) is 8.89. The topological polar surface area (TPSA) is 284 Å². The van der Waals surface area contributed by atoms with Gasteiger partial charge in [-0.2, -0.15) is 0 Å². The molecule has 8 N–H and O–H groups in total. The summed E-state index contributed by atoms with van der Waals surface area (Å²) < 4.78 is 31.3. The maximum absolute atomic E-state index is 15.1. The molecule has 4 aromatic rings. The second-order valence-corrected chi connectivity index (χ2v) is 21.0. The summed E-state index contributed by atoms with van der Waals surface area (Å²) in [5.41, 5.74) is 7.51. The minimum absolute atomic E-state index is 0.000414. The molecule has 424 valence electrons. The Hall–Kier alpha value is -8.14. The van der Waals surface area contributed by atoms with Crippen LogP contribution in [-0.2, 0) is 56.1 Å². The van der Waals surface area contributed by atoms with Crippen LogP contribution in [0.1, 0.15) is 110 Å². The number of nitrogens with two attached hydrogens (primary N) is 1. The molecule has 3 aromatic carbocycles. The normalized spacial score (nSPS) is 14.2. The van der Waals surface area contributed by atoms with Crippen LogP contribution < -0.4 is 32.3 Å². The molecular weight excluding hydrogens is 1020 g/mol. The van der Waals surface area contributed by atoms with Crippen molar-refractivity contribution in [2.24, 2.45) is 17.1 Å². The first-order valence-corrected chi connectivity index (χ1v) is 26.2. The number of nitrogens with one attached hydrogen (secondary N) is 5. The number of rotatable bonds is 28. The van der Waals surface area contributed by atoms with E-state index in [1.54, 1.807) is 41.6 Å². The molecule has 1 aliphatic rings. The number of carboxylic acids is 1. The Kier molecular flexibility index (Phi) is 22.2. The van der Waals surface area contributed by atoms with E-state index in [0.717, 1.165) is 28.7 Å². The van der Waals surface area contributed by atoms with E-state index in [9.17, 15) is 52.6 Å². The number of imide groups is 1. The Labute approximate surface area is 458 Å². The maximum atomic E-state index is 15.1. The van der Waals surface area contributed by atoms with E-state index in [1.807, 2.05) is 51.1 Å². The van der Waals surface area contributed by atoms with E-state index in [4.69, 9.17) is 10.7 Å². The van der Waals surface area contributed by atoms with Crippen LogP contribution in [0.5, 0.6) is 0 Å². The first-order valence-electron chi connectivity index (χ1n) is 26.2. The van der Waals surface area contributed by atoms with Crippen LogP contribution >= 0.6 is 0 Å². The number of aliphatic carboxylic acids is 1. The highest BCUT2D eigenvalue weighted by atomic mass is 19.1. The molecule has 0 spiro atoms. The molecule has 0 saturated carbocycles. The van der Waals surface area contributed by atoms with Crippen molar-refractivity contribution in [3.05, 3.63) is 120 Å². The number of halogens is 2. The summed E-state index contributed by atoms with van der Waals surface area (Å²) in [5, 5.41) is 23.1. The Morgan fingerprint density at radius 2 is 1.44 bits per heavy atom.